The van der Waals surface area contributed by atoms with Gasteiger partial charge in [0, 0.05) is 0 Å². The van der Waals surface area contributed by atoms with Gasteiger partial charge in [-0.05, 0) is 25.5 Å². The van der Waals surface area contributed by atoms with Crippen LogP contribution in [0.15, 0.2) is 24.3 Å². The molecule has 5 heteroatoms. The summed E-state index contributed by atoms with van der Waals surface area (Å²) in [5.74, 6) is -0.206. The van der Waals surface area contributed by atoms with Gasteiger partial charge in [-0.2, -0.15) is 0 Å². The third kappa shape index (κ3) is 4.54. The standard InChI is InChI=1S/C12H17ClN2O.ClH/c1-3-8-12(2,14)11(16)15-10-7-5-4-6-9(10)13;/h4-7H,3,8,14H2,1-2H3,(H,15,16);1H. The lowest BCUT2D eigenvalue weighted by molar-refractivity contribution is -0.120. The predicted molar refractivity (Wildman–Crippen MR) is 74.8 cm³/mol. The maximum absolute atomic E-state index is 11.9. The molecule has 0 aliphatic rings. The molecule has 96 valence electrons. The van der Waals surface area contributed by atoms with Crippen LogP contribution in [-0.2, 0) is 4.79 Å². The van der Waals surface area contributed by atoms with Crippen LogP contribution in [0.1, 0.15) is 26.7 Å². The molecule has 1 rings (SSSR count). The van der Waals surface area contributed by atoms with Gasteiger partial charge in [-0.15, -0.1) is 12.4 Å². The quantitative estimate of drug-likeness (QED) is 0.887. The van der Waals surface area contributed by atoms with E-state index >= 15 is 0 Å². The van der Waals surface area contributed by atoms with Gasteiger partial charge in [0.2, 0.25) is 5.91 Å². The molecule has 0 bridgehead atoms. The molecular formula is C12H18Cl2N2O. The summed E-state index contributed by atoms with van der Waals surface area (Å²) in [6.07, 6.45) is 1.51. The van der Waals surface area contributed by atoms with E-state index < -0.39 is 5.54 Å². The summed E-state index contributed by atoms with van der Waals surface area (Å²) in [7, 11) is 0. The second-order valence-electron chi connectivity index (χ2n) is 4.10. The molecule has 1 aromatic rings. The highest BCUT2D eigenvalue weighted by atomic mass is 35.5. The molecule has 0 fully saturated rings. The van der Waals surface area contributed by atoms with E-state index in [9.17, 15) is 4.79 Å². The first kappa shape index (κ1) is 16.2. The normalized spacial score (nSPS) is 13.4. The van der Waals surface area contributed by atoms with E-state index in [2.05, 4.69) is 5.32 Å². The number of carbonyl (C=O) groups is 1. The van der Waals surface area contributed by atoms with Gasteiger partial charge in [0.25, 0.3) is 0 Å². The minimum atomic E-state index is -0.853. The Labute approximate surface area is 113 Å². The van der Waals surface area contributed by atoms with Gasteiger partial charge >= 0.3 is 0 Å². The van der Waals surface area contributed by atoms with Crippen LogP contribution in [0.5, 0.6) is 0 Å². The number of benzene rings is 1. The van der Waals surface area contributed by atoms with Crippen LogP contribution >= 0.6 is 24.0 Å². The van der Waals surface area contributed by atoms with E-state index in [1.807, 2.05) is 19.1 Å². The SMILES string of the molecule is CCCC(C)(N)C(=O)Nc1ccccc1Cl.Cl. The van der Waals surface area contributed by atoms with Crippen LogP contribution in [0, 0.1) is 0 Å². The van der Waals surface area contributed by atoms with Crippen molar-refractivity contribution in [2.75, 3.05) is 5.32 Å². The molecule has 1 aromatic carbocycles. The summed E-state index contributed by atoms with van der Waals surface area (Å²) >= 11 is 5.94. The van der Waals surface area contributed by atoms with Gasteiger partial charge in [0.1, 0.15) is 0 Å². The summed E-state index contributed by atoms with van der Waals surface area (Å²) in [5.41, 5.74) is 5.66. The van der Waals surface area contributed by atoms with Crippen molar-refractivity contribution in [1.82, 2.24) is 0 Å². The highest BCUT2D eigenvalue weighted by Gasteiger charge is 2.27. The fraction of sp³-hybridized carbons (Fsp3) is 0.417. The van der Waals surface area contributed by atoms with Crippen LogP contribution in [0.4, 0.5) is 5.69 Å². The van der Waals surface area contributed by atoms with Gasteiger partial charge in [-0.25, -0.2) is 0 Å². The minimum Gasteiger partial charge on any atom is -0.323 e. The summed E-state index contributed by atoms with van der Waals surface area (Å²) in [6, 6.07) is 7.11. The van der Waals surface area contributed by atoms with Crippen molar-refractivity contribution in [3.8, 4) is 0 Å². The summed E-state index contributed by atoms with van der Waals surface area (Å²) in [6.45, 7) is 3.72. The molecular weight excluding hydrogens is 259 g/mol. The number of rotatable bonds is 4. The average molecular weight is 277 g/mol. The maximum Gasteiger partial charge on any atom is 0.244 e. The van der Waals surface area contributed by atoms with E-state index in [0.29, 0.717) is 17.1 Å². The van der Waals surface area contributed by atoms with Gasteiger partial charge < -0.3 is 11.1 Å². The number of carbonyl (C=O) groups excluding carboxylic acids is 1. The summed E-state index contributed by atoms with van der Waals surface area (Å²) < 4.78 is 0. The van der Waals surface area contributed by atoms with Crippen LogP contribution in [0.2, 0.25) is 5.02 Å². The Balaban J connectivity index is 0.00000256. The van der Waals surface area contributed by atoms with Crippen LogP contribution < -0.4 is 11.1 Å². The number of para-hydroxylation sites is 1. The van der Waals surface area contributed by atoms with Crippen molar-refractivity contribution in [2.45, 2.75) is 32.2 Å². The van der Waals surface area contributed by atoms with E-state index in [4.69, 9.17) is 17.3 Å². The third-order valence-electron chi connectivity index (χ3n) is 2.41. The Morgan fingerprint density at radius 2 is 2.06 bits per heavy atom. The molecule has 0 radical (unpaired) electrons. The largest absolute Gasteiger partial charge is 0.323 e. The van der Waals surface area contributed by atoms with Crippen molar-refractivity contribution in [3.05, 3.63) is 29.3 Å². The lowest BCUT2D eigenvalue weighted by atomic mass is 9.96. The molecule has 0 aliphatic heterocycles. The van der Waals surface area contributed by atoms with Crippen LogP contribution in [-0.4, -0.2) is 11.4 Å². The number of amides is 1. The number of anilines is 1. The third-order valence-corrected chi connectivity index (χ3v) is 2.74. The number of hydrogen-bond acceptors (Lipinski definition) is 2. The zero-order valence-electron chi connectivity index (χ0n) is 10.00. The fourth-order valence-corrected chi connectivity index (χ4v) is 1.64. The Hall–Kier alpha value is -0.770. The van der Waals surface area contributed by atoms with Gasteiger partial charge in [0.15, 0.2) is 0 Å². The smallest absolute Gasteiger partial charge is 0.244 e. The Bertz CT molecular complexity index is 381. The second-order valence-corrected chi connectivity index (χ2v) is 4.51. The molecule has 3 N–H and O–H groups in total. The molecule has 0 saturated heterocycles. The zero-order chi connectivity index (χ0) is 12.2. The molecule has 1 atom stereocenters. The molecule has 1 amide bonds. The van der Waals surface area contributed by atoms with Gasteiger partial charge in [-0.3, -0.25) is 4.79 Å². The molecule has 0 spiro atoms. The van der Waals surface area contributed by atoms with E-state index in [-0.39, 0.29) is 18.3 Å². The first-order valence-electron chi connectivity index (χ1n) is 5.32. The Morgan fingerprint density at radius 1 is 1.47 bits per heavy atom. The second kappa shape index (κ2) is 6.84. The molecule has 17 heavy (non-hydrogen) atoms. The zero-order valence-corrected chi connectivity index (χ0v) is 11.6. The number of nitrogens with one attached hydrogen (secondary N) is 1. The van der Waals surface area contributed by atoms with E-state index in [1.165, 1.54) is 0 Å². The molecule has 0 heterocycles. The molecule has 3 nitrogen and oxygen atoms in total. The Kier molecular flexibility index (Phi) is 6.53. The molecule has 0 saturated carbocycles. The first-order valence-corrected chi connectivity index (χ1v) is 5.70. The van der Waals surface area contributed by atoms with Crippen molar-refractivity contribution < 1.29 is 4.79 Å². The van der Waals surface area contributed by atoms with Crippen molar-refractivity contribution in [1.29, 1.82) is 0 Å². The number of hydrogen-bond donors (Lipinski definition) is 2. The lowest BCUT2D eigenvalue weighted by Crippen LogP contribution is -2.48. The van der Waals surface area contributed by atoms with Crippen molar-refractivity contribution in [3.63, 3.8) is 0 Å². The van der Waals surface area contributed by atoms with Gasteiger partial charge in [0.05, 0.1) is 16.2 Å². The molecule has 0 aliphatic carbocycles. The van der Waals surface area contributed by atoms with Crippen LogP contribution in [0.3, 0.4) is 0 Å². The first-order chi connectivity index (χ1) is 7.47. The molecule has 1 unspecified atom stereocenters. The van der Waals surface area contributed by atoms with E-state index in [1.54, 1.807) is 19.1 Å². The van der Waals surface area contributed by atoms with Crippen molar-refractivity contribution >= 4 is 35.6 Å². The number of nitrogens with two attached hydrogens (primary N) is 1. The predicted octanol–water partition coefficient (Wildman–Crippen LogP) is 3.22. The molecule has 0 aromatic heterocycles. The minimum absolute atomic E-state index is 0. The topological polar surface area (TPSA) is 55.1 Å². The summed E-state index contributed by atoms with van der Waals surface area (Å²) in [4.78, 5) is 11.9. The highest BCUT2D eigenvalue weighted by Crippen LogP contribution is 2.22. The fourth-order valence-electron chi connectivity index (χ4n) is 1.46. The van der Waals surface area contributed by atoms with E-state index in [0.717, 1.165) is 6.42 Å². The monoisotopic (exact) mass is 276 g/mol. The van der Waals surface area contributed by atoms with Crippen molar-refractivity contribution in [2.24, 2.45) is 5.73 Å². The maximum atomic E-state index is 11.9. The summed E-state index contributed by atoms with van der Waals surface area (Å²) in [5, 5.41) is 3.26. The van der Waals surface area contributed by atoms with Crippen LogP contribution in [0.25, 0.3) is 0 Å². The average Bonchev–Trinajstić information content (AvgIpc) is 2.21. The van der Waals surface area contributed by atoms with Gasteiger partial charge in [-0.1, -0.05) is 37.1 Å². The number of halogens is 2. The lowest BCUT2D eigenvalue weighted by Gasteiger charge is -2.23. The Morgan fingerprint density at radius 3 is 2.59 bits per heavy atom. The highest BCUT2D eigenvalue weighted by molar-refractivity contribution is 6.33.